The third-order valence-corrected chi connectivity index (χ3v) is 5.03. The van der Waals surface area contributed by atoms with E-state index in [-0.39, 0.29) is 0 Å². The van der Waals surface area contributed by atoms with Crippen LogP contribution in [0.4, 0.5) is 0 Å². The largest absolute Gasteiger partial charge is 0.290 e. The Morgan fingerprint density at radius 2 is 1.44 bits per heavy atom. The third-order valence-electron chi connectivity index (χ3n) is 5.03. The lowest BCUT2D eigenvalue weighted by Gasteiger charge is -2.23. The van der Waals surface area contributed by atoms with E-state index in [2.05, 4.69) is 85.6 Å². The van der Waals surface area contributed by atoms with E-state index < -0.39 is 0 Å². The van der Waals surface area contributed by atoms with E-state index in [0.717, 1.165) is 25.3 Å². The van der Waals surface area contributed by atoms with Gasteiger partial charge in [-0.25, -0.2) is 0 Å². The molecule has 2 aromatic heterocycles. The first-order chi connectivity index (χ1) is 12.9. The zero-order valence-electron chi connectivity index (χ0n) is 17.1. The molecule has 3 aromatic rings. The summed E-state index contributed by atoms with van der Waals surface area (Å²) in [5.74, 6) is 0. The maximum Gasteiger partial charge on any atom is 0.0641 e. The molecule has 4 heteroatoms. The molecule has 3 rings (SSSR count). The summed E-state index contributed by atoms with van der Waals surface area (Å²) in [6.45, 7) is 13.5. The SMILES string of the molecule is Cc1ccc(CN(Cc2ccncc2)Cc2c(C)nn(C(C)C)c2C)cc1. The van der Waals surface area contributed by atoms with Gasteiger partial charge < -0.3 is 0 Å². The molecule has 0 fully saturated rings. The molecule has 0 aliphatic carbocycles. The molecule has 0 amide bonds. The van der Waals surface area contributed by atoms with Gasteiger partial charge in [-0.2, -0.15) is 5.10 Å². The number of pyridine rings is 1. The fourth-order valence-corrected chi connectivity index (χ4v) is 3.52. The van der Waals surface area contributed by atoms with E-state index >= 15 is 0 Å². The lowest BCUT2D eigenvalue weighted by atomic mass is 10.1. The van der Waals surface area contributed by atoms with Crippen molar-refractivity contribution in [1.82, 2.24) is 19.7 Å². The number of hydrogen-bond acceptors (Lipinski definition) is 3. The van der Waals surface area contributed by atoms with Gasteiger partial charge >= 0.3 is 0 Å². The van der Waals surface area contributed by atoms with Gasteiger partial charge in [0.15, 0.2) is 0 Å². The van der Waals surface area contributed by atoms with E-state index in [1.165, 1.54) is 27.9 Å². The molecule has 142 valence electrons. The minimum Gasteiger partial charge on any atom is -0.290 e. The number of nitrogens with zero attached hydrogens (tertiary/aromatic N) is 4. The standard InChI is InChI=1S/C23H30N4/c1-17(2)27-20(5)23(19(4)25-27)16-26(15-22-10-12-24-13-11-22)14-21-8-6-18(3)7-9-21/h6-13,17H,14-16H2,1-5H3. The molecule has 0 unspecified atom stereocenters. The van der Waals surface area contributed by atoms with Gasteiger partial charge in [0, 0.05) is 49.3 Å². The van der Waals surface area contributed by atoms with Crippen LogP contribution in [0.2, 0.25) is 0 Å². The maximum absolute atomic E-state index is 4.77. The molecule has 0 radical (unpaired) electrons. The van der Waals surface area contributed by atoms with Crippen molar-refractivity contribution in [3.63, 3.8) is 0 Å². The lowest BCUT2D eigenvalue weighted by molar-refractivity contribution is 0.246. The van der Waals surface area contributed by atoms with Crippen LogP contribution in [-0.2, 0) is 19.6 Å². The molecule has 2 heterocycles. The molecule has 0 spiro atoms. The molecular weight excluding hydrogens is 332 g/mol. The van der Waals surface area contributed by atoms with Crippen LogP contribution in [0.25, 0.3) is 0 Å². The molecule has 0 N–H and O–H groups in total. The van der Waals surface area contributed by atoms with Gasteiger partial charge in [0.05, 0.1) is 5.69 Å². The number of rotatable bonds is 7. The zero-order chi connectivity index (χ0) is 19.4. The summed E-state index contributed by atoms with van der Waals surface area (Å²) in [4.78, 5) is 6.64. The second kappa shape index (κ2) is 8.49. The monoisotopic (exact) mass is 362 g/mol. The van der Waals surface area contributed by atoms with Crippen LogP contribution in [0.3, 0.4) is 0 Å². The number of aromatic nitrogens is 3. The van der Waals surface area contributed by atoms with Crippen LogP contribution in [-0.4, -0.2) is 19.7 Å². The molecule has 0 aliphatic rings. The second-order valence-electron chi connectivity index (χ2n) is 7.67. The smallest absolute Gasteiger partial charge is 0.0641 e. The van der Waals surface area contributed by atoms with Crippen molar-refractivity contribution in [2.24, 2.45) is 0 Å². The van der Waals surface area contributed by atoms with E-state index in [9.17, 15) is 0 Å². The predicted molar refractivity (Wildman–Crippen MR) is 110 cm³/mol. The summed E-state index contributed by atoms with van der Waals surface area (Å²) in [6.07, 6.45) is 3.74. The first-order valence-electron chi connectivity index (χ1n) is 9.65. The number of benzene rings is 1. The Morgan fingerprint density at radius 1 is 0.852 bits per heavy atom. The molecule has 0 aliphatic heterocycles. The van der Waals surface area contributed by atoms with Gasteiger partial charge in [-0.05, 0) is 57.9 Å². The summed E-state index contributed by atoms with van der Waals surface area (Å²) in [5.41, 5.74) is 7.65. The number of hydrogen-bond donors (Lipinski definition) is 0. The minimum atomic E-state index is 0.378. The van der Waals surface area contributed by atoms with Crippen molar-refractivity contribution in [3.05, 3.63) is 82.4 Å². The average molecular weight is 363 g/mol. The van der Waals surface area contributed by atoms with Gasteiger partial charge in [0.2, 0.25) is 0 Å². The molecule has 0 bridgehead atoms. The molecule has 1 aromatic carbocycles. The van der Waals surface area contributed by atoms with Crippen LogP contribution in [0.15, 0.2) is 48.8 Å². The van der Waals surface area contributed by atoms with E-state index in [4.69, 9.17) is 5.10 Å². The quantitative estimate of drug-likeness (QED) is 0.594. The van der Waals surface area contributed by atoms with Gasteiger partial charge in [-0.15, -0.1) is 0 Å². The van der Waals surface area contributed by atoms with Crippen molar-refractivity contribution < 1.29 is 0 Å². The fraction of sp³-hybridized carbons (Fsp3) is 0.391. The van der Waals surface area contributed by atoms with Crippen LogP contribution >= 0.6 is 0 Å². The maximum atomic E-state index is 4.77. The second-order valence-corrected chi connectivity index (χ2v) is 7.67. The van der Waals surface area contributed by atoms with Crippen LogP contribution in [0.5, 0.6) is 0 Å². The normalized spacial score (nSPS) is 11.5. The highest BCUT2D eigenvalue weighted by Crippen LogP contribution is 2.21. The van der Waals surface area contributed by atoms with Gasteiger partial charge in [-0.1, -0.05) is 29.8 Å². The first-order valence-corrected chi connectivity index (χ1v) is 9.65. The first kappa shape index (κ1) is 19.3. The Labute approximate surface area is 162 Å². The topological polar surface area (TPSA) is 34.0 Å². The molecule has 4 nitrogen and oxygen atoms in total. The average Bonchev–Trinajstić information content (AvgIpc) is 2.93. The van der Waals surface area contributed by atoms with E-state index in [1.54, 1.807) is 0 Å². The Hall–Kier alpha value is -2.46. The predicted octanol–water partition coefficient (Wildman–Crippen LogP) is 4.99. The summed E-state index contributed by atoms with van der Waals surface area (Å²) in [5, 5.41) is 4.77. The highest BCUT2D eigenvalue weighted by Gasteiger charge is 2.17. The molecular formula is C23H30N4. The van der Waals surface area contributed by atoms with Crippen molar-refractivity contribution >= 4 is 0 Å². The van der Waals surface area contributed by atoms with Crippen LogP contribution < -0.4 is 0 Å². The Morgan fingerprint density at radius 3 is 2.00 bits per heavy atom. The fourth-order valence-electron chi connectivity index (χ4n) is 3.52. The Balaban J connectivity index is 1.86. The van der Waals surface area contributed by atoms with Crippen molar-refractivity contribution in [1.29, 1.82) is 0 Å². The van der Waals surface area contributed by atoms with Gasteiger partial charge in [0.25, 0.3) is 0 Å². The lowest BCUT2D eigenvalue weighted by Crippen LogP contribution is -2.23. The summed E-state index contributed by atoms with van der Waals surface area (Å²) in [7, 11) is 0. The molecule has 0 atom stereocenters. The molecule has 0 saturated carbocycles. The Kier molecular flexibility index (Phi) is 6.07. The molecule has 0 saturated heterocycles. The third kappa shape index (κ3) is 4.83. The summed E-state index contributed by atoms with van der Waals surface area (Å²) >= 11 is 0. The van der Waals surface area contributed by atoms with Gasteiger partial charge in [-0.3, -0.25) is 14.6 Å². The van der Waals surface area contributed by atoms with Crippen LogP contribution in [0, 0.1) is 20.8 Å². The van der Waals surface area contributed by atoms with Crippen molar-refractivity contribution in [2.75, 3.05) is 0 Å². The Bertz CT molecular complexity index is 863. The summed E-state index contributed by atoms with van der Waals surface area (Å²) in [6, 6.07) is 13.4. The van der Waals surface area contributed by atoms with Crippen LogP contribution in [0.1, 0.15) is 53.5 Å². The number of aryl methyl sites for hydroxylation is 2. The highest BCUT2D eigenvalue weighted by atomic mass is 15.3. The zero-order valence-corrected chi connectivity index (χ0v) is 17.1. The minimum absolute atomic E-state index is 0.378. The van der Waals surface area contributed by atoms with Crippen molar-refractivity contribution in [2.45, 2.75) is 60.3 Å². The summed E-state index contributed by atoms with van der Waals surface area (Å²) < 4.78 is 2.14. The van der Waals surface area contributed by atoms with E-state index in [0.29, 0.717) is 6.04 Å². The van der Waals surface area contributed by atoms with Crippen molar-refractivity contribution in [3.8, 4) is 0 Å². The van der Waals surface area contributed by atoms with Gasteiger partial charge in [0.1, 0.15) is 0 Å². The molecule has 27 heavy (non-hydrogen) atoms. The highest BCUT2D eigenvalue weighted by molar-refractivity contribution is 5.26. The van der Waals surface area contributed by atoms with E-state index in [1.807, 2.05) is 12.4 Å².